The molecule has 17 heavy (non-hydrogen) atoms. The van der Waals surface area contributed by atoms with Gasteiger partial charge in [0.1, 0.15) is 11.6 Å². The molecule has 0 aliphatic rings. The van der Waals surface area contributed by atoms with Crippen molar-refractivity contribution >= 4 is 5.82 Å². The largest absolute Gasteiger partial charge is 0.379 e. The lowest BCUT2D eigenvalue weighted by Gasteiger charge is -2.08. The van der Waals surface area contributed by atoms with Crippen LogP contribution in [0.25, 0.3) is 0 Å². The van der Waals surface area contributed by atoms with E-state index in [0.29, 0.717) is 6.10 Å². The van der Waals surface area contributed by atoms with Gasteiger partial charge < -0.3 is 10.1 Å². The first-order valence-electron chi connectivity index (χ1n) is 6.25. The van der Waals surface area contributed by atoms with E-state index in [-0.39, 0.29) is 0 Å². The summed E-state index contributed by atoms with van der Waals surface area (Å²) < 4.78 is 5.48. The molecule has 1 N–H and O–H groups in total. The number of ether oxygens (including phenoxy) is 1. The van der Waals surface area contributed by atoms with Gasteiger partial charge in [0.25, 0.3) is 0 Å². The summed E-state index contributed by atoms with van der Waals surface area (Å²) >= 11 is 0. The van der Waals surface area contributed by atoms with Gasteiger partial charge in [0, 0.05) is 24.9 Å². The van der Waals surface area contributed by atoms with Crippen LogP contribution in [0.3, 0.4) is 0 Å². The molecule has 96 valence electrons. The summed E-state index contributed by atoms with van der Waals surface area (Å²) in [4.78, 5) is 8.57. The van der Waals surface area contributed by atoms with Crippen LogP contribution in [0.4, 0.5) is 5.82 Å². The van der Waals surface area contributed by atoms with E-state index in [1.54, 1.807) is 0 Å². The molecule has 0 saturated heterocycles. The van der Waals surface area contributed by atoms with E-state index in [4.69, 9.17) is 4.74 Å². The SMILES string of the molecule is Cc1cc(NCCCCOC(C)C)nc(C)n1. The molecular formula is C13H23N3O. The molecule has 1 aromatic heterocycles. The molecule has 0 fully saturated rings. The summed E-state index contributed by atoms with van der Waals surface area (Å²) in [6.07, 6.45) is 2.50. The Balaban J connectivity index is 2.18. The van der Waals surface area contributed by atoms with Gasteiger partial charge in [-0.25, -0.2) is 9.97 Å². The molecule has 0 atom stereocenters. The van der Waals surface area contributed by atoms with Crippen molar-refractivity contribution in [3.63, 3.8) is 0 Å². The summed E-state index contributed by atoms with van der Waals surface area (Å²) in [5.41, 5.74) is 1.00. The maximum absolute atomic E-state index is 5.48. The molecule has 1 heterocycles. The van der Waals surface area contributed by atoms with Crippen LogP contribution in [-0.4, -0.2) is 29.2 Å². The molecular weight excluding hydrogens is 214 g/mol. The highest BCUT2D eigenvalue weighted by Gasteiger charge is 1.98. The van der Waals surface area contributed by atoms with E-state index >= 15 is 0 Å². The topological polar surface area (TPSA) is 47.0 Å². The third-order valence-electron chi connectivity index (χ3n) is 2.29. The minimum absolute atomic E-state index is 0.329. The number of aryl methyl sites for hydroxylation is 2. The summed E-state index contributed by atoms with van der Waals surface area (Å²) in [5.74, 6) is 1.73. The van der Waals surface area contributed by atoms with Crippen LogP contribution < -0.4 is 5.32 Å². The molecule has 0 aromatic carbocycles. The molecule has 4 nitrogen and oxygen atoms in total. The molecule has 0 unspecified atom stereocenters. The average Bonchev–Trinajstić information content (AvgIpc) is 2.21. The second-order valence-electron chi connectivity index (χ2n) is 4.50. The maximum Gasteiger partial charge on any atom is 0.129 e. The van der Waals surface area contributed by atoms with Crippen LogP contribution in [0.2, 0.25) is 0 Å². The van der Waals surface area contributed by atoms with Crippen molar-refractivity contribution in [1.82, 2.24) is 9.97 Å². The Labute approximate surface area is 104 Å². The number of unbranched alkanes of at least 4 members (excludes halogenated alkanes) is 1. The van der Waals surface area contributed by atoms with Crippen LogP contribution in [0.5, 0.6) is 0 Å². The predicted octanol–water partition coefficient (Wildman–Crippen LogP) is 2.71. The highest BCUT2D eigenvalue weighted by atomic mass is 16.5. The smallest absolute Gasteiger partial charge is 0.129 e. The van der Waals surface area contributed by atoms with Crippen molar-refractivity contribution in [3.05, 3.63) is 17.6 Å². The second kappa shape index (κ2) is 7.22. The summed E-state index contributed by atoms with van der Waals surface area (Å²) in [5, 5.41) is 3.31. The molecule has 4 heteroatoms. The molecule has 0 spiro atoms. The number of nitrogens with zero attached hydrogens (tertiary/aromatic N) is 2. The van der Waals surface area contributed by atoms with Gasteiger partial charge in [-0.05, 0) is 40.5 Å². The van der Waals surface area contributed by atoms with Gasteiger partial charge in [0.15, 0.2) is 0 Å². The van der Waals surface area contributed by atoms with Crippen molar-refractivity contribution in [1.29, 1.82) is 0 Å². The van der Waals surface area contributed by atoms with Gasteiger partial charge in [0.2, 0.25) is 0 Å². The van der Waals surface area contributed by atoms with Crippen LogP contribution in [0.1, 0.15) is 38.2 Å². The molecule has 0 amide bonds. The van der Waals surface area contributed by atoms with Gasteiger partial charge in [-0.3, -0.25) is 0 Å². The number of rotatable bonds is 7. The number of anilines is 1. The summed E-state index contributed by atoms with van der Waals surface area (Å²) in [6.45, 7) is 9.78. The van der Waals surface area contributed by atoms with E-state index in [2.05, 4.69) is 29.1 Å². The van der Waals surface area contributed by atoms with Crippen molar-refractivity contribution in [2.24, 2.45) is 0 Å². The molecule has 0 aliphatic heterocycles. The fourth-order valence-electron chi connectivity index (χ4n) is 1.57. The monoisotopic (exact) mass is 237 g/mol. The van der Waals surface area contributed by atoms with Crippen LogP contribution >= 0.6 is 0 Å². The van der Waals surface area contributed by atoms with E-state index < -0.39 is 0 Å². The standard InChI is InChI=1S/C13H23N3O/c1-10(2)17-8-6-5-7-14-13-9-11(3)15-12(4)16-13/h9-10H,5-8H2,1-4H3,(H,14,15,16). The van der Waals surface area contributed by atoms with E-state index in [1.165, 1.54) is 0 Å². The van der Waals surface area contributed by atoms with Crippen LogP contribution in [-0.2, 0) is 4.74 Å². The molecule has 0 aliphatic carbocycles. The highest BCUT2D eigenvalue weighted by molar-refractivity contribution is 5.35. The fourth-order valence-corrected chi connectivity index (χ4v) is 1.57. The van der Waals surface area contributed by atoms with Gasteiger partial charge >= 0.3 is 0 Å². The lowest BCUT2D eigenvalue weighted by molar-refractivity contribution is 0.0765. The second-order valence-corrected chi connectivity index (χ2v) is 4.50. The summed E-state index contributed by atoms with van der Waals surface area (Å²) in [6, 6.07) is 1.97. The number of nitrogens with one attached hydrogen (secondary N) is 1. The first-order valence-corrected chi connectivity index (χ1v) is 6.25. The third kappa shape index (κ3) is 6.22. The molecule has 0 radical (unpaired) electrons. The minimum atomic E-state index is 0.329. The molecule has 1 aromatic rings. The Morgan fingerprint density at radius 2 is 2.00 bits per heavy atom. The van der Waals surface area contributed by atoms with Crippen LogP contribution in [0, 0.1) is 13.8 Å². The number of hydrogen-bond acceptors (Lipinski definition) is 4. The third-order valence-corrected chi connectivity index (χ3v) is 2.29. The molecule has 1 rings (SSSR count). The quantitative estimate of drug-likeness (QED) is 0.741. The Morgan fingerprint density at radius 3 is 2.65 bits per heavy atom. The zero-order valence-electron chi connectivity index (χ0n) is 11.3. The first kappa shape index (κ1) is 13.9. The predicted molar refractivity (Wildman–Crippen MR) is 70.3 cm³/mol. The maximum atomic E-state index is 5.48. The van der Waals surface area contributed by atoms with Gasteiger partial charge in [0.05, 0.1) is 6.10 Å². The average molecular weight is 237 g/mol. The zero-order valence-corrected chi connectivity index (χ0v) is 11.3. The Morgan fingerprint density at radius 1 is 1.24 bits per heavy atom. The van der Waals surface area contributed by atoms with Crippen molar-refractivity contribution in [2.45, 2.75) is 46.6 Å². The van der Waals surface area contributed by atoms with Crippen LogP contribution in [0.15, 0.2) is 6.07 Å². The first-order chi connectivity index (χ1) is 8.08. The van der Waals surface area contributed by atoms with Crippen molar-refractivity contribution in [3.8, 4) is 0 Å². The minimum Gasteiger partial charge on any atom is -0.379 e. The Bertz CT molecular complexity index is 319. The number of aromatic nitrogens is 2. The van der Waals surface area contributed by atoms with Gasteiger partial charge in [-0.2, -0.15) is 0 Å². The van der Waals surface area contributed by atoms with Gasteiger partial charge in [-0.1, -0.05) is 0 Å². The summed E-state index contributed by atoms with van der Waals surface area (Å²) in [7, 11) is 0. The molecule has 0 saturated carbocycles. The fraction of sp³-hybridized carbons (Fsp3) is 0.692. The normalized spacial score (nSPS) is 10.9. The van der Waals surface area contributed by atoms with Crippen molar-refractivity contribution < 1.29 is 4.74 Å². The Hall–Kier alpha value is -1.16. The highest BCUT2D eigenvalue weighted by Crippen LogP contribution is 2.05. The lowest BCUT2D eigenvalue weighted by atomic mass is 10.3. The zero-order chi connectivity index (χ0) is 12.7. The van der Waals surface area contributed by atoms with E-state index in [9.17, 15) is 0 Å². The number of hydrogen-bond donors (Lipinski definition) is 1. The molecule has 0 bridgehead atoms. The Kier molecular flexibility index (Phi) is 5.91. The van der Waals surface area contributed by atoms with Gasteiger partial charge in [-0.15, -0.1) is 0 Å². The van der Waals surface area contributed by atoms with E-state index in [1.807, 2.05) is 19.9 Å². The lowest BCUT2D eigenvalue weighted by Crippen LogP contribution is -2.08. The van der Waals surface area contributed by atoms with Crippen molar-refractivity contribution in [2.75, 3.05) is 18.5 Å². The van der Waals surface area contributed by atoms with E-state index in [0.717, 1.165) is 43.3 Å².